The second-order valence-electron chi connectivity index (χ2n) is 18.6. The first-order valence-electron chi connectivity index (χ1n) is 27.3. The second-order valence-corrected chi connectivity index (χ2v) is 18.6. The number of carbonyl (C=O) groups excluding carboxylic acids is 6. The maximum Gasteiger partial charge on any atom is 0.326 e. The molecule has 0 spiro atoms. The van der Waals surface area contributed by atoms with Gasteiger partial charge < -0.3 is 49.1 Å². The van der Waals surface area contributed by atoms with Crippen LogP contribution in [0, 0.1) is 0 Å². The van der Waals surface area contributed by atoms with Gasteiger partial charge >= 0.3 is 5.97 Å². The molecule has 0 aromatic heterocycles. The van der Waals surface area contributed by atoms with E-state index in [1.54, 1.807) is 53.7 Å². The van der Waals surface area contributed by atoms with Crippen molar-refractivity contribution >= 4 is 47.6 Å². The predicted molar refractivity (Wildman–Crippen MR) is 301 cm³/mol. The Morgan fingerprint density at radius 1 is 0.696 bits per heavy atom. The zero-order valence-electron chi connectivity index (χ0n) is 47.2. The van der Waals surface area contributed by atoms with Gasteiger partial charge in [0.05, 0.1) is 46.7 Å². The Balaban J connectivity index is 0.000000404. The molecule has 4 aromatic rings. The van der Waals surface area contributed by atoms with Crippen LogP contribution < -0.4 is 44.4 Å². The minimum Gasteiger partial charge on any atom is -0.493 e. The van der Waals surface area contributed by atoms with Gasteiger partial charge in [0.2, 0.25) is 24.0 Å². The second kappa shape index (κ2) is 34.1. The summed E-state index contributed by atoms with van der Waals surface area (Å²) in [5, 5.41) is 17.1. The number of methoxy groups -OCH3 is 5. The minimum absolute atomic E-state index is 0.0287. The molecule has 3 heterocycles. The molecule has 4 N–H and O–H groups in total. The Morgan fingerprint density at radius 2 is 1.35 bits per heavy atom. The molecule has 2 saturated heterocycles. The van der Waals surface area contributed by atoms with Crippen molar-refractivity contribution in [2.75, 3.05) is 67.1 Å². The molecule has 7 rings (SSSR count). The molecule has 0 radical (unpaired) electrons. The average molecular weight is 1100 g/mol. The number of carbonyl (C=O) groups is 7. The van der Waals surface area contributed by atoms with Gasteiger partial charge in [-0.15, -0.1) is 0 Å². The fraction of sp³-hybridized carbons (Fsp3) is 0.483. The van der Waals surface area contributed by atoms with Gasteiger partial charge in [-0.05, 0) is 123 Å². The summed E-state index contributed by atoms with van der Waals surface area (Å²) >= 11 is 0. The van der Waals surface area contributed by atoms with E-state index in [0.717, 1.165) is 99.0 Å². The number of imide groups is 2. The SMILES string of the molecule is CC.CCc1cc(OC)c(OC)c(OC)c1.COc1ccc(CCCc2ccccc2OCC(=O)NCCCCCCCCNc2cccc3c2C(=O)N(C2CCC(=O)NC2=O)C3=O)cc1OC.O=CN1CCCCC1C(=O)O. The van der Waals surface area contributed by atoms with Gasteiger partial charge in [-0.1, -0.05) is 76.8 Å². The van der Waals surface area contributed by atoms with Gasteiger partial charge in [0.15, 0.2) is 29.6 Å². The topological polar surface area (TPSA) is 238 Å². The first-order chi connectivity index (χ1) is 38.3. The van der Waals surface area contributed by atoms with E-state index in [4.69, 9.17) is 33.5 Å². The fourth-order valence-electron chi connectivity index (χ4n) is 9.32. The number of aryl methyl sites for hydroxylation is 3. The highest BCUT2D eigenvalue weighted by Crippen LogP contribution is 2.38. The van der Waals surface area contributed by atoms with E-state index in [-0.39, 0.29) is 36.5 Å². The highest BCUT2D eigenvalue weighted by molar-refractivity contribution is 6.25. The highest BCUT2D eigenvalue weighted by atomic mass is 16.5. The van der Waals surface area contributed by atoms with Gasteiger partial charge in [0, 0.05) is 31.7 Å². The number of carboxylic acids is 1. The molecule has 430 valence electrons. The molecule has 2 unspecified atom stereocenters. The number of fused-ring (bicyclic) bond motifs is 1. The number of amides is 6. The van der Waals surface area contributed by atoms with Crippen molar-refractivity contribution in [3.8, 4) is 34.5 Å². The number of hydrogen-bond acceptors (Lipinski definition) is 14. The molecule has 0 saturated carbocycles. The summed E-state index contributed by atoms with van der Waals surface area (Å²) in [5.74, 6) is 1.15. The number of rotatable bonds is 26. The summed E-state index contributed by atoms with van der Waals surface area (Å²) in [7, 11) is 8.10. The van der Waals surface area contributed by atoms with Crippen LogP contribution in [-0.4, -0.2) is 131 Å². The van der Waals surface area contributed by atoms with Crippen molar-refractivity contribution in [3.63, 3.8) is 0 Å². The van der Waals surface area contributed by atoms with E-state index in [9.17, 15) is 33.6 Å². The molecule has 3 aliphatic heterocycles. The fourth-order valence-corrected chi connectivity index (χ4v) is 9.32. The molecule has 19 nitrogen and oxygen atoms in total. The van der Waals surface area contributed by atoms with E-state index in [2.05, 4.69) is 22.9 Å². The first kappa shape index (κ1) is 63.7. The molecule has 6 amide bonds. The molecule has 4 aromatic carbocycles. The summed E-state index contributed by atoms with van der Waals surface area (Å²) in [6.07, 6.45) is 12.6. The molecular weight excluding hydrogens is 1010 g/mol. The number of hydrogen-bond donors (Lipinski definition) is 4. The lowest BCUT2D eigenvalue weighted by molar-refractivity contribution is -0.147. The Bertz CT molecular complexity index is 2620. The van der Waals surface area contributed by atoms with Crippen LogP contribution in [-0.2, 0) is 43.2 Å². The van der Waals surface area contributed by atoms with Crippen LogP contribution in [0.4, 0.5) is 5.69 Å². The van der Waals surface area contributed by atoms with Crippen LogP contribution in [0.15, 0.2) is 72.8 Å². The molecule has 79 heavy (non-hydrogen) atoms. The molecular formula is C60H81N5O14. The largest absolute Gasteiger partial charge is 0.493 e. The number of ether oxygens (including phenoxy) is 6. The standard InChI is InChI=1S/C40H48N4O8.C11H16O3.C7H11NO3.C2H6/c1-50-33-21-19-27(25-34(33)51-2)13-11-15-28-14-7-8-18-32(28)52-26-36(46)42-24-10-6-4-3-5-9-23-41-30-17-12-16-29-37(30)40(49)44(39(29)48)31-20-22-35(45)43-38(31)47;1-5-8-6-9(12-2)11(14-4)10(7-8)13-3;9-5-8-4-2-1-3-6(8)7(10)11;1-2/h7-8,12,14,16-19,21,25,31,41H,3-6,9-11,13,15,20,22-24,26H2,1-2H3,(H,42,46)(H,43,45,47);6-7H,5H2,1-4H3;5-6H,1-4H2,(H,10,11);1-2H3. The van der Waals surface area contributed by atoms with Crippen molar-refractivity contribution in [2.24, 2.45) is 0 Å². The van der Waals surface area contributed by atoms with Gasteiger partial charge in [-0.2, -0.15) is 0 Å². The summed E-state index contributed by atoms with van der Waals surface area (Å²) in [4.78, 5) is 85.8. The van der Waals surface area contributed by atoms with E-state index in [1.165, 1.54) is 16.0 Å². The summed E-state index contributed by atoms with van der Waals surface area (Å²) in [6.45, 7) is 7.87. The predicted octanol–water partition coefficient (Wildman–Crippen LogP) is 8.61. The maximum atomic E-state index is 13.2. The molecule has 2 fully saturated rings. The number of piperidine rings is 2. The molecule has 0 aliphatic carbocycles. The van der Waals surface area contributed by atoms with Crippen LogP contribution in [0.25, 0.3) is 0 Å². The lowest BCUT2D eigenvalue weighted by Gasteiger charge is -2.29. The number of para-hydroxylation sites is 1. The Labute approximate surface area is 465 Å². The Morgan fingerprint density at radius 3 is 1.97 bits per heavy atom. The number of anilines is 1. The third-order valence-corrected chi connectivity index (χ3v) is 13.5. The number of aliphatic carboxylic acids is 1. The zero-order chi connectivity index (χ0) is 57.7. The van der Waals surface area contributed by atoms with Crippen LogP contribution in [0.1, 0.15) is 135 Å². The summed E-state index contributed by atoms with van der Waals surface area (Å²) in [5.41, 5.74) is 4.51. The van der Waals surface area contributed by atoms with E-state index < -0.39 is 41.7 Å². The number of benzene rings is 4. The summed E-state index contributed by atoms with van der Waals surface area (Å²) in [6, 6.07) is 21.2. The molecule has 0 bridgehead atoms. The van der Waals surface area contributed by atoms with E-state index in [1.807, 2.05) is 68.4 Å². The van der Waals surface area contributed by atoms with Crippen LogP contribution in [0.5, 0.6) is 34.5 Å². The van der Waals surface area contributed by atoms with Crippen molar-refractivity contribution in [2.45, 2.75) is 129 Å². The van der Waals surface area contributed by atoms with Gasteiger partial charge in [-0.25, -0.2) is 4.79 Å². The summed E-state index contributed by atoms with van der Waals surface area (Å²) < 4.78 is 32.3. The number of likely N-dealkylation sites (tertiary alicyclic amines) is 1. The smallest absolute Gasteiger partial charge is 0.326 e. The third-order valence-electron chi connectivity index (χ3n) is 13.5. The molecule has 2 atom stereocenters. The highest BCUT2D eigenvalue weighted by Gasteiger charge is 2.45. The third kappa shape index (κ3) is 18.7. The van der Waals surface area contributed by atoms with Gasteiger partial charge in [0.25, 0.3) is 17.7 Å². The van der Waals surface area contributed by atoms with E-state index >= 15 is 0 Å². The number of nitrogens with zero attached hydrogens (tertiary/aromatic N) is 2. The first-order valence-corrected chi connectivity index (χ1v) is 27.3. The number of nitrogens with one attached hydrogen (secondary N) is 3. The van der Waals surface area contributed by atoms with Gasteiger partial charge in [0.1, 0.15) is 17.8 Å². The van der Waals surface area contributed by atoms with Gasteiger partial charge in [-0.3, -0.25) is 39.0 Å². The van der Waals surface area contributed by atoms with Crippen LogP contribution >= 0.6 is 0 Å². The lowest BCUT2D eigenvalue weighted by Crippen LogP contribution is -2.54. The molecule has 3 aliphatic rings. The average Bonchev–Trinajstić information content (AvgIpc) is 4.00. The monoisotopic (exact) mass is 1100 g/mol. The number of unbranched alkanes of at least 4 members (excludes halogenated alkanes) is 5. The van der Waals surface area contributed by atoms with Crippen LogP contribution in [0.2, 0.25) is 0 Å². The zero-order valence-corrected chi connectivity index (χ0v) is 47.2. The normalized spacial score (nSPS) is 15.3. The van der Waals surface area contributed by atoms with E-state index in [0.29, 0.717) is 61.2 Å². The van der Waals surface area contributed by atoms with Crippen molar-refractivity contribution < 1.29 is 67.1 Å². The maximum absolute atomic E-state index is 13.2. The van der Waals surface area contributed by atoms with Crippen molar-refractivity contribution in [3.05, 3.63) is 101 Å². The Kier molecular flexibility index (Phi) is 27.5. The Hall–Kier alpha value is -7.83. The minimum atomic E-state index is -0.985. The lowest BCUT2D eigenvalue weighted by atomic mass is 10.0. The van der Waals surface area contributed by atoms with Crippen molar-refractivity contribution in [1.82, 2.24) is 20.4 Å². The molecule has 19 heteroatoms. The number of carboxylic acid groups (broad SMARTS) is 1. The quantitative estimate of drug-likeness (QED) is 0.0262. The van der Waals surface area contributed by atoms with Crippen molar-refractivity contribution in [1.29, 1.82) is 0 Å². The van der Waals surface area contributed by atoms with Crippen LogP contribution in [0.3, 0.4) is 0 Å².